The van der Waals surface area contributed by atoms with Crippen molar-refractivity contribution in [2.75, 3.05) is 5.73 Å². The first-order valence-electron chi connectivity index (χ1n) is 6.13. The Hall–Kier alpha value is -2.27. The average molecular weight is 310 g/mol. The van der Waals surface area contributed by atoms with Gasteiger partial charge in [0.15, 0.2) is 5.78 Å². The maximum Gasteiger partial charge on any atom is 0.350 e. The van der Waals surface area contributed by atoms with E-state index in [9.17, 15) is 14.7 Å². The lowest BCUT2D eigenvalue weighted by Gasteiger charge is -2.11. The minimum atomic E-state index is -0.824. The Morgan fingerprint density at radius 3 is 2.38 bits per heavy atom. The second-order valence-corrected chi connectivity index (χ2v) is 4.66. The number of carbonyl (C=O) groups is 1. The Morgan fingerprint density at radius 1 is 1.29 bits per heavy atom. The van der Waals surface area contributed by atoms with Crippen molar-refractivity contribution in [3.05, 3.63) is 57.6 Å². The van der Waals surface area contributed by atoms with Crippen molar-refractivity contribution in [1.29, 1.82) is 0 Å². The normalized spacial score (nSPS) is 11.5. The van der Waals surface area contributed by atoms with Gasteiger partial charge in [-0.05, 0) is 24.6 Å². The lowest BCUT2D eigenvalue weighted by atomic mass is 9.92. The average Bonchev–Trinajstić information content (AvgIpc) is 2.37. The topological polar surface area (TPSA) is 93.5 Å². The van der Waals surface area contributed by atoms with Crippen molar-refractivity contribution < 1.29 is 14.3 Å². The molecule has 3 N–H and O–H groups in total. The van der Waals surface area contributed by atoms with Crippen molar-refractivity contribution in [3.8, 4) is 5.75 Å². The zero-order valence-corrected chi connectivity index (χ0v) is 12.4. The van der Waals surface area contributed by atoms with Crippen LogP contribution in [0.4, 0.5) is 5.69 Å². The maximum absolute atomic E-state index is 12.3. The summed E-state index contributed by atoms with van der Waals surface area (Å²) >= 11 is 0. The number of nitrogens with two attached hydrogens (primary N) is 1. The molecule has 1 atom stereocenters. The van der Waals surface area contributed by atoms with E-state index in [2.05, 4.69) is 0 Å². The SMILES string of the molecule is Cc1cc(O)c(C(=O)C(C)c2ccc(N)cc2)c(=O)o1.Cl. The van der Waals surface area contributed by atoms with E-state index in [0.29, 0.717) is 11.3 Å². The number of ketones is 1. The minimum absolute atomic E-state index is 0. The highest BCUT2D eigenvalue weighted by molar-refractivity contribution is 6.02. The smallest absolute Gasteiger partial charge is 0.350 e. The molecule has 0 bridgehead atoms. The molecule has 2 aromatic rings. The molecule has 1 heterocycles. The van der Waals surface area contributed by atoms with Gasteiger partial charge in [-0.15, -0.1) is 12.4 Å². The van der Waals surface area contributed by atoms with Gasteiger partial charge < -0.3 is 15.3 Å². The molecule has 0 saturated carbocycles. The summed E-state index contributed by atoms with van der Waals surface area (Å²) in [5.41, 5.74) is 5.75. The van der Waals surface area contributed by atoms with Crippen molar-refractivity contribution in [2.45, 2.75) is 19.8 Å². The van der Waals surface area contributed by atoms with Crippen LogP contribution in [0.5, 0.6) is 5.75 Å². The zero-order valence-electron chi connectivity index (χ0n) is 11.6. The van der Waals surface area contributed by atoms with E-state index < -0.39 is 17.3 Å². The van der Waals surface area contributed by atoms with E-state index in [4.69, 9.17) is 10.2 Å². The molecular weight excluding hydrogens is 294 g/mol. The Morgan fingerprint density at radius 2 is 1.86 bits per heavy atom. The first-order chi connectivity index (χ1) is 9.40. The Labute approximate surface area is 127 Å². The van der Waals surface area contributed by atoms with Gasteiger partial charge in [0.2, 0.25) is 0 Å². The highest BCUT2D eigenvalue weighted by Crippen LogP contribution is 2.24. The van der Waals surface area contributed by atoms with Crippen LogP contribution in [0.15, 0.2) is 39.5 Å². The number of anilines is 1. The van der Waals surface area contributed by atoms with Gasteiger partial charge in [0.05, 0.1) is 0 Å². The number of Topliss-reactive ketones (excluding diaryl/α,β-unsaturated/α-hetero) is 1. The third-order valence-electron chi connectivity index (χ3n) is 3.13. The summed E-state index contributed by atoms with van der Waals surface area (Å²) in [4.78, 5) is 24.1. The van der Waals surface area contributed by atoms with Crippen molar-refractivity contribution in [1.82, 2.24) is 0 Å². The number of halogens is 1. The van der Waals surface area contributed by atoms with Gasteiger partial charge >= 0.3 is 5.63 Å². The molecule has 0 aliphatic carbocycles. The molecule has 0 amide bonds. The van der Waals surface area contributed by atoms with Crippen LogP contribution in [0.25, 0.3) is 0 Å². The monoisotopic (exact) mass is 309 g/mol. The van der Waals surface area contributed by atoms with Crippen LogP contribution in [-0.2, 0) is 0 Å². The van der Waals surface area contributed by atoms with Crippen LogP contribution < -0.4 is 11.4 Å². The molecule has 0 spiro atoms. The summed E-state index contributed by atoms with van der Waals surface area (Å²) in [6.07, 6.45) is 0. The summed E-state index contributed by atoms with van der Waals surface area (Å²) in [6.45, 7) is 3.19. The Bertz CT molecular complexity index is 707. The molecule has 0 aliphatic heterocycles. The number of carbonyl (C=O) groups excluding carboxylic acids is 1. The third-order valence-corrected chi connectivity index (χ3v) is 3.13. The second-order valence-electron chi connectivity index (χ2n) is 4.66. The number of hydrogen-bond donors (Lipinski definition) is 2. The maximum atomic E-state index is 12.3. The number of hydrogen-bond acceptors (Lipinski definition) is 5. The fourth-order valence-corrected chi connectivity index (χ4v) is 1.98. The van der Waals surface area contributed by atoms with Gasteiger partial charge in [0.1, 0.15) is 17.1 Å². The molecule has 5 nitrogen and oxygen atoms in total. The zero-order chi connectivity index (χ0) is 14.9. The molecule has 0 fully saturated rings. The van der Waals surface area contributed by atoms with Crippen LogP contribution in [0.2, 0.25) is 0 Å². The number of benzene rings is 1. The first-order valence-corrected chi connectivity index (χ1v) is 6.13. The molecule has 0 radical (unpaired) electrons. The van der Waals surface area contributed by atoms with Crippen LogP contribution in [0.3, 0.4) is 0 Å². The predicted molar refractivity (Wildman–Crippen MR) is 82.2 cm³/mol. The van der Waals surface area contributed by atoms with Crippen molar-refractivity contribution >= 4 is 23.9 Å². The minimum Gasteiger partial charge on any atom is -0.507 e. The van der Waals surface area contributed by atoms with Gasteiger partial charge in [0.25, 0.3) is 0 Å². The predicted octanol–water partition coefficient (Wildman–Crippen LogP) is 2.64. The van der Waals surface area contributed by atoms with Gasteiger partial charge in [-0.1, -0.05) is 19.1 Å². The highest BCUT2D eigenvalue weighted by atomic mass is 35.5. The van der Waals surface area contributed by atoms with Crippen LogP contribution >= 0.6 is 12.4 Å². The molecule has 0 aliphatic rings. The number of aryl methyl sites for hydroxylation is 1. The van der Waals surface area contributed by atoms with E-state index in [0.717, 1.165) is 0 Å². The molecule has 2 rings (SSSR count). The van der Waals surface area contributed by atoms with Gasteiger partial charge in [-0.3, -0.25) is 4.79 Å². The van der Waals surface area contributed by atoms with E-state index in [1.165, 1.54) is 13.0 Å². The van der Waals surface area contributed by atoms with Crippen LogP contribution in [0.1, 0.15) is 34.5 Å². The summed E-state index contributed by atoms with van der Waals surface area (Å²) in [5, 5.41) is 9.78. The standard InChI is InChI=1S/C15H15NO4.ClH/c1-8-7-12(17)13(15(19)20-8)14(18)9(2)10-3-5-11(16)6-4-10;/h3-7,9,17H,16H2,1-2H3;1H. The lowest BCUT2D eigenvalue weighted by Crippen LogP contribution is -2.19. The molecular formula is C15H16ClNO4. The highest BCUT2D eigenvalue weighted by Gasteiger charge is 2.24. The summed E-state index contributed by atoms with van der Waals surface area (Å²) in [5.74, 6) is -1.16. The second kappa shape index (κ2) is 6.45. The van der Waals surface area contributed by atoms with Crippen molar-refractivity contribution in [2.24, 2.45) is 0 Å². The molecule has 112 valence electrons. The fourth-order valence-electron chi connectivity index (χ4n) is 1.98. The summed E-state index contributed by atoms with van der Waals surface area (Å²) in [6, 6.07) is 8.03. The quantitative estimate of drug-likeness (QED) is 0.671. The molecule has 1 aromatic heterocycles. The van der Waals surface area contributed by atoms with Crippen molar-refractivity contribution in [3.63, 3.8) is 0 Å². The summed E-state index contributed by atoms with van der Waals surface area (Å²) < 4.78 is 4.86. The van der Waals surface area contributed by atoms with Gasteiger partial charge in [-0.2, -0.15) is 0 Å². The van der Waals surface area contributed by atoms with E-state index in [1.54, 1.807) is 31.2 Å². The fraction of sp³-hybridized carbons (Fsp3) is 0.200. The van der Waals surface area contributed by atoms with Gasteiger partial charge in [-0.25, -0.2) is 4.79 Å². The van der Waals surface area contributed by atoms with Gasteiger partial charge in [0, 0.05) is 17.7 Å². The molecule has 1 unspecified atom stereocenters. The summed E-state index contributed by atoms with van der Waals surface area (Å²) in [7, 11) is 0. The Balaban J connectivity index is 0.00000220. The lowest BCUT2D eigenvalue weighted by molar-refractivity contribution is 0.0959. The molecule has 6 heteroatoms. The molecule has 21 heavy (non-hydrogen) atoms. The number of aromatic hydroxyl groups is 1. The third kappa shape index (κ3) is 3.44. The largest absolute Gasteiger partial charge is 0.507 e. The van der Waals surface area contributed by atoms with Crippen LogP contribution in [0, 0.1) is 6.92 Å². The Kier molecular flexibility index (Phi) is 5.16. The van der Waals surface area contributed by atoms with E-state index in [1.807, 2.05) is 0 Å². The number of nitrogen functional groups attached to an aromatic ring is 1. The molecule has 0 saturated heterocycles. The van der Waals surface area contributed by atoms with E-state index in [-0.39, 0.29) is 29.5 Å². The molecule has 1 aromatic carbocycles. The first kappa shape index (κ1) is 16.8. The van der Waals surface area contributed by atoms with E-state index >= 15 is 0 Å². The number of rotatable bonds is 3. The van der Waals surface area contributed by atoms with Crippen LogP contribution in [-0.4, -0.2) is 10.9 Å².